The summed E-state index contributed by atoms with van der Waals surface area (Å²) in [5.41, 5.74) is 0.199. The molecule has 0 saturated carbocycles. The Morgan fingerprint density at radius 1 is 0.714 bits per heavy atom. The molecule has 0 unspecified atom stereocenters. The summed E-state index contributed by atoms with van der Waals surface area (Å²) in [6.07, 6.45) is -9.32. The number of nitrogens with zero attached hydrogens (tertiary/aromatic N) is 2. The number of alkyl halides is 6. The Balaban J connectivity index is 1.72. The van der Waals surface area contributed by atoms with Crippen molar-refractivity contribution in [3.8, 4) is 0 Å². The lowest BCUT2D eigenvalue weighted by atomic mass is 10.0. The van der Waals surface area contributed by atoms with Crippen LogP contribution in [0.1, 0.15) is 27.6 Å². The first-order valence-corrected chi connectivity index (χ1v) is 7.71. The highest BCUT2D eigenvalue weighted by atomic mass is 19.4. The number of carbonyl (C=O) groups is 1. The Bertz CT molecular complexity index is 1120. The number of aromatic nitrogens is 4. The third kappa shape index (κ3) is 3.08. The van der Waals surface area contributed by atoms with Gasteiger partial charge in [-0.3, -0.25) is 4.79 Å². The van der Waals surface area contributed by atoms with Crippen LogP contribution in [0.15, 0.2) is 36.4 Å². The molecule has 0 amide bonds. The van der Waals surface area contributed by atoms with Gasteiger partial charge in [-0.15, -0.1) is 0 Å². The number of hydrogen-bond donors (Lipinski definition) is 2. The van der Waals surface area contributed by atoms with Crippen LogP contribution in [0.2, 0.25) is 0 Å². The van der Waals surface area contributed by atoms with Crippen molar-refractivity contribution in [2.45, 2.75) is 12.4 Å². The van der Waals surface area contributed by atoms with Crippen molar-refractivity contribution < 1.29 is 31.1 Å². The van der Waals surface area contributed by atoms with E-state index in [9.17, 15) is 31.1 Å². The molecule has 2 heterocycles. The molecule has 0 aliphatic heterocycles. The van der Waals surface area contributed by atoms with Gasteiger partial charge < -0.3 is 9.97 Å². The van der Waals surface area contributed by atoms with E-state index < -0.39 is 29.8 Å². The Labute approximate surface area is 151 Å². The summed E-state index contributed by atoms with van der Waals surface area (Å²) in [7, 11) is 0. The minimum atomic E-state index is -4.66. The van der Waals surface area contributed by atoms with Crippen LogP contribution in [0.4, 0.5) is 26.3 Å². The van der Waals surface area contributed by atoms with Gasteiger partial charge in [0.15, 0.2) is 5.78 Å². The molecule has 0 atom stereocenters. The van der Waals surface area contributed by atoms with E-state index >= 15 is 0 Å². The number of aromatic amines is 2. The maximum atomic E-state index is 12.7. The van der Waals surface area contributed by atoms with Crippen LogP contribution in [0, 0.1) is 0 Å². The van der Waals surface area contributed by atoms with E-state index in [4.69, 9.17) is 0 Å². The molecule has 2 aromatic heterocycles. The third-order valence-corrected chi connectivity index (χ3v) is 4.03. The predicted octanol–water partition coefficient (Wildman–Crippen LogP) is 4.71. The highest BCUT2D eigenvalue weighted by molar-refractivity contribution is 6.11. The minimum Gasteiger partial charge on any atom is -0.334 e. The van der Waals surface area contributed by atoms with E-state index in [-0.39, 0.29) is 33.2 Å². The maximum absolute atomic E-state index is 12.7. The van der Waals surface area contributed by atoms with Gasteiger partial charge in [0.2, 0.25) is 11.6 Å². The molecule has 2 aromatic carbocycles. The van der Waals surface area contributed by atoms with Crippen LogP contribution in [-0.4, -0.2) is 25.7 Å². The average Bonchev–Trinajstić information content (AvgIpc) is 3.23. The van der Waals surface area contributed by atoms with Crippen molar-refractivity contribution in [1.82, 2.24) is 19.9 Å². The molecule has 0 radical (unpaired) electrons. The molecule has 4 rings (SSSR count). The standard InChI is InChI=1S/C17H8F6N4O/c18-16(19,20)14-24-9-3-1-7(5-11(9)26-14)13(28)8-2-4-10-12(6-8)27-15(25-10)17(21,22)23/h1-6H,(H,24,26)(H,25,27). The summed E-state index contributed by atoms with van der Waals surface area (Å²) >= 11 is 0. The predicted molar refractivity (Wildman–Crippen MR) is 85.6 cm³/mol. The zero-order chi connectivity index (χ0) is 20.3. The van der Waals surface area contributed by atoms with Crippen LogP contribution in [0.3, 0.4) is 0 Å². The first-order chi connectivity index (χ1) is 13.0. The molecular formula is C17H8F6N4O. The fraction of sp³-hybridized carbons (Fsp3) is 0.118. The molecule has 0 aliphatic rings. The molecule has 5 nitrogen and oxygen atoms in total. The van der Waals surface area contributed by atoms with Gasteiger partial charge in [-0.1, -0.05) is 0 Å². The number of H-pyrrole nitrogens is 2. The van der Waals surface area contributed by atoms with Crippen LogP contribution < -0.4 is 0 Å². The van der Waals surface area contributed by atoms with Crippen molar-refractivity contribution >= 4 is 27.9 Å². The number of nitrogens with one attached hydrogen (secondary N) is 2. The molecule has 11 heteroatoms. The van der Waals surface area contributed by atoms with E-state index in [0.717, 1.165) is 0 Å². The van der Waals surface area contributed by atoms with Crippen molar-refractivity contribution in [2.75, 3.05) is 0 Å². The normalized spacial score (nSPS) is 12.8. The number of ketones is 1. The van der Waals surface area contributed by atoms with Gasteiger partial charge in [0.25, 0.3) is 0 Å². The van der Waals surface area contributed by atoms with Crippen molar-refractivity contribution in [3.63, 3.8) is 0 Å². The van der Waals surface area contributed by atoms with Crippen LogP contribution >= 0.6 is 0 Å². The zero-order valence-electron chi connectivity index (χ0n) is 13.5. The summed E-state index contributed by atoms with van der Waals surface area (Å²) in [5, 5.41) is 0. The Kier molecular flexibility index (Phi) is 3.74. The highest BCUT2D eigenvalue weighted by Gasteiger charge is 2.35. The first kappa shape index (κ1) is 18.0. The molecule has 28 heavy (non-hydrogen) atoms. The fourth-order valence-electron chi connectivity index (χ4n) is 2.74. The van der Waals surface area contributed by atoms with Crippen molar-refractivity contribution in [1.29, 1.82) is 0 Å². The molecular weight excluding hydrogens is 390 g/mol. The topological polar surface area (TPSA) is 74.4 Å². The lowest BCUT2D eigenvalue weighted by molar-refractivity contribution is -0.144. The van der Waals surface area contributed by atoms with Crippen molar-refractivity contribution in [2.24, 2.45) is 0 Å². The van der Waals surface area contributed by atoms with Crippen LogP contribution in [0.25, 0.3) is 22.1 Å². The average molecular weight is 398 g/mol. The number of rotatable bonds is 2. The van der Waals surface area contributed by atoms with E-state index in [1.54, 1.807) is 0 Å². The molecule has 0 bridgehead atoms. The summed E-state index contributed by atoms with van der Waals surface area (Å²) in [5.74, 6) is -2.95. The lowest BCUT2D eigenvalue weighted by Crippen LogP contribution is -2.06. The van der Waals surface area contributed by atoms with E-state index in [1.807, 2.05) is 0 Å². The first-order valence-electron chi connectivity index (χ1n) is 7.71. The third-order valence-electron chi connectivity index (χ3n) is 4.03. The molecule has 0 saturated heterocycles. The molecule has 0 aliphatic carbocycles. The molecule has 0 fully saturated rings. The van der Waals surface area contributed by atoms with Gasteiger partial charge >= 0.3 is 12.4 Å². The second-order valence-electron chi connectivity index (χ2n) is 5.96. The quantitative estimate of drug-likeness (QED) is 0.380. The number of fused-ring (bicyclic) bond motifs is 2. The largest absolute Gasteiger partial charge is 0.449 e. The van der Waals surface area contributed by atoms with Gasteiger partial charge in [0.1, 0.15) is 0 Å². The van der Waals surface area contributed by atoms with E-state index in [2.05, 4.69) is 19.9 Å². The van der Waals surface area contributed by atoms with Crippen LogP contribution in [-0.2, 0) is 12.4 Å². The zero-order valence-corrected chi connectivity index (χ0v) is 13.5. The number of benzene rings is 2. The van der Waals surface area contributed by atoms with Gasteiger partial charge in [0, 0.05) is 11.1 Å². The summed E-state index contributed by atoms with van der Waals surface area (Å²) in [6.45, 7) is 0. The smallest absolute Gasteiger partial charge is 0.334 e. The van der Waals surface area contributed by atoms with E-state index in [0.29, 0.717) is 0 Å². The van der Waals surface area contributed by atoms with Gasteiger partial charge in [-0.25, -0.2) is 9.97 Å². The lowest BCUT2D eigenvalue weighted by Gasteiger charge is -2.02. The summed E-state index contributed by atoms with van der Waals surface area (Å²) in [6, 6.07) is 7.51. The number of hydrogen-bond acceptors (Lipinski definition) is 3. The van der Waals surface area contributed by atoms with Gasteiger partial charge in [-0.05, 0) is 36.4 Å². The number of halogens is 6. The number of imidazole rings is 2. The Hall–Kier alpha value is -3.37. The monoisotopic (exact) mass is 398 g/mol. The SMILES string of the molecule is O=C(c1ccc2nc(C(F)(F)F)[nH]c2c1)c1ccc2nc(C(F)(F)F)[nH]c2c1. The fourth-order valence-corrected chi connectivity index (χ4v) is 2.74. The van der Waals surface area contributed by atoms with Gasteiger partial charge in [0.05, 0.1) is 22.1 Å². The molecule has 144 valence electrons. The molecule has 4 aromatic rings. The van der Waals surface area contributed by atoms with Gasteiger partial charge in [-0.2, -0.15) is 26.3 Å². The summed E-state index contributed by atoms with van der Waals surface area (Å²) in [4.78, 5) is 23.7. The number of carbonyl (C=O) groups excluding carboxylic acids is 1. The highest BCUT2D eigenvalue weighted by Crippen LogP contribution is 2.30. The Morgan fingerprint density at radius 3 is 1.46 bits per heavy atom. The molecule has 2 N–H and O–H groups in total. The molecule has 0 spiro atoms. The summed E-state index contributed by atoms with van der Waals surface area (Å²) < 4.78 is 76.4. The van der Waals surface area contributed by atoms with E-state index in [1.165, 1.54) is 36.4 Å². The minimum absolute atomic E-state index is 0.0140. The second-order valence-corrected chi connectivity index (χ2v) is 5.96. The van der Waals surface area contributed by atoms with Crippen molar-refractivity contribution in [3.05, 3.63) is 59.2 Å². The van der Waals surface area contributed by atoms with Crippen LogP contribution in [0.5, 0.6) is 0 Å². The Morgan fingerprint density at radius 2 is 1.11 bits per heavy atom. The second kappa shape index (κ2) is 5.81. The maximum Gasteiger partial charge on any atom is 0.449 e.